The van der Waals surface area contributed by atoms with Crippen LogP contribution in [0.1, 0.15) is 73.1 Å². The third kappa shape index (κ3) is 7.64. The average molecular weight is 667 g/mol. The van der Waals surface area contributed by atoms with Crippen LogP contribution < -0.4 is 15.4 Å². The summed E-state index contributed by atoms with van der Waals surface area (Å²) in [6.45, 7) is 6.02. The highest BCUT2D eigenvalue weighted by molar-refractivity contribution is 6.03. The molecule has 0 spiro atoms. The third-order valence-electron chi connectivity index (χ3n) is 9.70. The number of carbonyl (C=O) groups is 4. The Labute approximate surface area is 284 Å². The molecule has 0 radical (unpaired) electrons. The minimum absolute atomic E-state index is 0.0116. The lowest BCUT2D eigenvalue weighted by Gasteiger charge is -2.32. The summed E-state index contributed by atoms with van der Waals surface area (Å²) in [6.07, 6.45) is 6.13. The van der Waals surface area contributed by atoms with Gasteiger partial charge in [0.15, 0.2) is 5.69 Å². The Bertz CT molecular complexity index is 1900. The first-order chi connectivity index (χ1) is 23.6. The van der Waals surface area contributed by atoms with Crippen molar-refractivity contribution in [3.05, 3.63) is 71.7 Å². The lowest BCUT2D eigenvalue weighted by atomic mass is 9.91. The van der Waals surface area contributed by atoms with Crippen molar-refractivity contribution in [1.82, 2.24) is 25.0 Å². The van der Waals surface area contributed by atoms with Gasteiger partial charge in [-0.1, -0.05) is 18.2 Å². The van der Waals surface area contributed by atoms with Gasteiger partial charge in [0.2, 0.25) is 17.7 Å². The second-order valence-corrected chi connectivity index (χ2v) is 13.2. The Kier molecular flexibility index (Phi) is 10.0. The standard InChI is InChI=1S/C37H42N6O6/c1-22(49-31-8-4-6-26(23(31)2)27-7-5-17-38-35(27)37(47)48)9-10-24-15-18-43(19-16-24)21-33(45)39-25-11-12-28-30(20-25)42(3)41-34(28)29-13-14-32(44)40-36(29)46/h4-8,11-12,17,20,22,24,29H,9-10,13-16,18-19,21H2,1-3H3,(H,39,45)(H,47,48)(H,40,44,46)/t22-,29?/m0/s1. The van der Waals surface area contributed by atoms with E-state index in [1.54, 1.807) is 23.9 Å². The predicted molar refractivity (Wildman–Crippen MR) is 184 cm³/mol. The summed E-state index contributed by atoms with van der Waals surface area (Å²) in [4.78, 5) is 55.0. The molecule has 6 rings (SSSR count). The first-order valence-electron chi connectivity index (χ1n) is 16.8. The van der Waals surface area contributed by atoms with Crippen LogP contribution in [-0.2, 0) is 21.4 Å². The molecule has 2 aromatic carbocycles. The number of carboxylic acids is 1. The maximum Gasteiger partial charge on any atom is 0.355 e. The number of likely N-dealkylation sites (tertiary alicyclic amines) is 1. The molecular weight excluding hydrogens is 624 g/mol. The van der Waals surface area contributed by atoms with Crippen LogP contribution in [0, 0.1) is 12.8 Å². The molecule has 49 heavy (non-hydrogen) atoms. The van der Waals surface area contributed by atoms with Crippen molar-refractivity contribution in [1.29, 1.82) is 0 Å². The monoisotopic (exact) mass is 666 g/mol. The van der Waals surface area contributed by atoms with E-state index in [-0.39, 0.29) is 35.9 Å². The van der Waals surface area contributed by atoms with E-state index in [2.05, 4.69) is 32.5 Å². The van der Waals surface area contributed by atoms with E-state index in [0.717, 1.165) is 66.6 Å². The summed E-state index contributed by atoms with van der Waals surface area (Å²) in [5.41, 5.74) is 4.39. The first kappa shape index (κ1) is 33.8. The van der Waals surface area contributed by atoms with Crippen LogP contribution >= 0.6 is 0 Å². The Balaban J connectivity index is 0.967. The van der Waals surface area contributed by atoms with Crippen LogP contribution in [0.25, 0.3) is 22.0 Å². The number of pyridine rings is 1. The molecule has 2 saturated heterocycles. The van der Waals surface area contributed by atoms with Crippen LogP contribution in [-0.4, -0.2) is 74.2 Å². The molecule has 3 N–H and O–H groups in total. The van der Waals surface area contributed by atoms with Gasteiger partial charge in [-0.3, -0.25) is 29.3 Å². The number of aromatic carboxylic acids is 1. The maximum absolute atomic E-state index is 13.0. The van der Waals surface area contributed by atoms with Crippen molar-refractivity contribution in [2.45, 2.75) is 64.4 Å². The number of carboxylic acid groups (broad SMARTS) is 1. The maximum atomic E-state index is 13.0. The van der Waals surface area contributed by atoms with Crippen molar-refractivity contribution >= 4 is 40.3 Å². The number of ether oxygens (including phenoxy) is 1. The molecule has 3 amide bonds. The second kappa shape index (κ2) is 14.6. The second-order valence-electron chi connectivity index (χ2n) is 13.2. The van der Waals surface area contributed by atoms with Crippen molar-refractivity contribution in [3.8, 4) is 16.9 Å². The van der Waals surface area contributed by atoms with E-state index in [1.807, 2.05) is 43.3 Å². The van der Waals surface area contributed by atoms with Gasteiger partial charge < -0.3 is 15.2 Å². The molecule has 2 aliphatic heterocycles. The molecule has 1 unspecified atom stereocenters. The number of aryl methyl sites for hydroxylation is 1. The third-order valence-corrected chi connectivity index (χ3v) is 9.70. The van der Waals surface area contributed by atoms with E-state index in [4.69, 9.17) is 4.74 Å². The number of imide groups is 1. The Morgan fingerprint density at radius 1 is 1.08 bits per heavy atom. The van der Waals surface area contributed by atoms with Gasteiger partial charge in [-0.2, -0.15) is 5.10 Å². The molecule has 4 aromatic rings. The van der Waals surface area contributed by atoms with Crippen molar-refractivity contribution in [2.24, 2.45) is 13.0 Å². The van der Waals surface area contributed by atoms with E-state index in [0.29, 0.717) is 35.8 Å². The summed E-state index contributed by atoms with van der Waals surface area (Å²) < 4.78 is 8.04. The number of carbonyl (C=O) groups excluding carboxylic acids is 3. The highest BCUT2D eigenvalue weighted by Crippen LogP contribution is 2.34. The number of nitrogens with one attached hydrogen (secondary N) is 2. The summed E-state index contributed by atoms with van der Waals surface area (Å²) in [5, 5.41) is 20.4. The number of amides is 3. The lowest BCUT2D eigenvalue weighted by Crippen LogP contribution is -2.39. The fourth-order valence-electron chi connectivity index (χ4n) is 6.98. The van der Waals surface area contributed by atoms with Crippen LogP contribution in [0.4, 0.5) is 5.69 Å². The van der Waals surface area contributed by atoms with Gasteiger partial charge in [0.1, 0.15) is 5.75 Å². The van der Waals surface area contributed by atoms with Crippen LogP contribution in [0.2, 0.25) is 0 Å². The number of fused-ring (bicyclic) bond motifs is 1. The van der Waals surface area contributed by atoms with Crippen molar-refractivity contribution in [2.75, 3.05) is 25.0 Å². The molecular formula is C37H42N6O6. The Morgan fingerprint density at radius 3 is 2.61 bits per heavy atom. The molecule has 2 aliphatic rings. The predicted octanol–water partition coefficient (Wildman–Crippen LogP) is 5.06. The van der Waals surface area contributed by atoms with Crippen molar-refractivity contribution in [3.63, 3.8) is 0 Å². The topological polar surface area (TPSA) is 156 Å². The zero-order valence-corrected chi connectivity index (χ0v) is 28.1. The van der Waals surface area contributed by atoms with E-state index >= 15 is 0 Å². The molecule has 4 heterocycles. The molecule has 2 fully saturated rings. The number of hydrogen-bond donors (Lipinski definition) is 3. The number of rotatable bonds is 11. The summed E-state index contributed by atoms with van der Waals surface area (Å²) in [6, 6.07) is 14.8. The molecule has 256 valence electrons. The summed E-state index contributed by atoms with van der Waals surface area (Å²) in [5.74, 6) is -0.904. The number of aromatic nitrogens is 3. The number of piperidine rings is 2. The van der Waals surface area contributed by atoms with Crippen LogP contribution in [0.5, 0.6) is 5.75 Å². The van der Waals surface area contributed by atoms with Crippen molar-refractivity contribution < 1.29 is 29.0 Å². The minimum atomic E-state index is -1.06. The lowest BCUT2D eigenvalue weighted by molar-refractivity contribution is -0.134. The fourth-order valence-corrected chi connectivity index (χ4v) is 6.98. The van der Waals surface area contributed by atoms with E-state index in [9.17, 15) is 24.3 Å². The molecule has 0 bridgehead atoms. The van der Waals surface area contributed by atoms with Crippen LogP contribution in [0.3, 0.4) is 0 Å². The number of hydrogen-bond acceptors (Lipinski definition) is 8. The largest absolute Gasteiger partial charge is 0.490 e. The fraction of sp³-hybridized carbons (Fsp3) is 0.405. The van der Waals surface area contributed by atoms with Gasteiger partial charge in [-0.05, 0) is 106 Å². The SMILES string of the molecule is Cc1c(O[C@@H](C)CCC2CCN(CC(=O)Nc3ccc4c(C5CCC(=O)NC5=O)nn(C)c4c3)CC2)cccc1-c1cccnc1C(=O)O. The van der Waals surface area contributed by atoms with Gasteiger partial charge in [0, 0.05) is 36.3 Å². The van der Waals surface area contributed by atoms with Crippen LogP contribution in [0.15, 0.2) is 54.7 Å². The number of nitrogens with zero attached hydrogens (tertiary/aromatic N) is 4. The molecule has 12 nitrogen and oxygen atoms in total. The zero-order valence-electron chi connectivity index (χ0n) is 28.1. The average Bonchev–Trinajstić information content (AvgIpc) is 3.40. The number of anilines is 1. The highest BCUT2D eigenvalue weighted by Gasteiger charge is 2.32. The van der Waals surface area contributed by atoms with E-state index in [1.165, 1.54) is 6.20 Å². The van der Waals surface area contributed by atoms with Gasteiger partial charge >= 0.3 is 5.97 Å². The highest BCUT2D eigenvalue weighted by atomic mass is 16.5. The normalized spacial score (nSPS) is 17.9. The Morgan fingerprint density at radius 2 is 1.86 bits per heavy atom. The first-order valence-corrected chi connectivity index (χ1v) is 16.8. The Hall–Kier alpha value is -5.10. The smallest absolute Gasteiger partial charge is 0.355 e. The quantitative estimate of drug-likeness (QED) is 0.186. The summed E-state index contributed by atoms with van der Waals surface area (Å²) in [7, 11) is 1.81. The minimum Gasteiger partial charge on any atom is -0.490 e. The summed E-state index contributed by atoms with van der Waals surface area (Å²) >= 11 is 0. The van der Waals surface area contributed by atoms with E-state index < -0.39 is 11.9 Å². The zero-order chi connectivity index (χ0) is 34.7. The molecule has 2 atom stereocenters. The van der Waals surface area contributed by atoms with Gasteiger partial charge in [-0.25, -0.2) is 9.78 Å². The van der Waals surface area contributed by atoms with Gasteiger partial charge in [0.05, 0.1) is 29.8 Å². The molecule has 0 saturated carbocycles. The molecule has 0 aliphatic carbocycles. The number of benzene rings is 2. The molecule has 2 aromatic heterocycles. The van der Waals surface area contributed by atoms with Gasteiger partial charge in [-0.15, -0.1) is 0 Å². The van der Waals surface area contributed by atoms with Gasteiger partial charge in [0.25, 0.3) is 0 Å². The molecule has 12 heteroatoms.